The normalized spacial score (nSPS) is 17.4. The highest BCUT2D eigenvalue weighted by atomic mass is 16.6. The van der Waals surface area contributed by atoms with Crippen LogP contribution in [0.2, 0.25) is 0 Å². The molecule has 0 saturated carbocycles. The highest BCUT2D eigenvalue weighted by molar-refractivity contribution is 5.98. The standard InChI is InChI=1S/C52H81N5O11/c1-19-27-65-49(62)43(33(4)20-2)57(17)46(59)36(7)55(15)47(60)41(30-38-23-25-40(64-18)26-24-38)54-44(58)35(6)29-39-31-66-45(53-39)34(5)22-21-32(3)28-42(51(9,10)11)67-48(61)37(8)56(16)50(63)68-52(12,13)14/h19,22-26,29,32-33,36-37,39,41-43H,1,20-21,27-28,30-31H2,2-18H3,(H,54,58)/b34-22+,35-29+/t32?,33?,36?,37?,39-,41?,42?,43?/m0/s1. The van der Waals surface area contributed by atoms with E-state index in [0.29, 0.717) is 36.5 Å². The van der Waals surface area contributed by atoms with Gasteiger partial charge in [0.05, 0.1) is 7.11 Å². The third kappa shape index (κ3) is 17.8. The molecule has 380 valence electrons. The van der Waals surface area contributed by atoms with Gasteiger partial charge in [-0.1, -0.05) is 78.8 Å². The number of amides is 4. The molecule has 0 aliphatic carbocycles. The van der Waals surface area contributed by atoms with Crippen molar-refractivity contribution in [2.45, 2.75) is 158 Å². The largest absolute Gasteiger partial charge is 0.497 e. The molecule has 1 heterocycles. The number of aliphatic imine (C=N–C) groups is 1. The maximum absolute atomic E-state index is 14.3. The lowest BCUT2D eigenvalue weighted by atomic mass is 9.83. The van der Waals surface area contributed by atoms with Crippen LogP contribution < -0.4 is 10.1 Å². The SMILES string of the molecule is C=CCOC(=O)C(C(C)CC)N(C)C(=O)C(C)N(C)C(=O)C(Cc1ccc(OC)cc1)NC(=O)/C(C)=C/[C@H]1COC(/C(C)=C/CC(C)CC(OC(=O)C(C)N(C)C(=O)OC(C)(C)C)C(C)(C)C)=N1. The predicted molar refractivity (Wildman–Crippen MR) is 264 cm³/mol. The van der Waals surface area contributed by atoms with Gasteiger partial charge >= 0.3 is 18.0 Å². The highest BCUT2D eigenvalue weighted by Crippen LogP contribution is 2.30. The summed E-state index contributed by atoms with van der Waals surface area (Å²) in [6.07, 6.45) is 6.09. The van der Waals surface area contributed by atoms with Crippen LogP contribution in [-0.2, 0) is 49.3 Å². The summed E-state index contributed by atoms with van der Waals surface area (Å²) < 4.78 is 28.1. The van der Waals surface area contributed by atoms with E-state index in [4.69, 9.17) is 28.7 Å². The molecule has 7 unspecified atom stereocenters. The first-order valence-electron chi connectivity index (χ1n) is 23.5. The molecule has 0 saturated heterocycles. The first-order valence-corrected chi connectivity index (χ1v) is 23.5. The van der Waals surface area contributed by atoms with Crippen molar-refractivity contribution in [2.24, 2.45) is 22.2 Å². The Morgan fingerprint density at radius 1 is 0.897 bits per heavy atom. The molecule has 0 radical (unpaired) electrons. The Morgan fingerprint density at radius 3 is 2.06 bits per heavy atom. The van der Waals surface area contributed by atoms with E-state index in [1.54, 1.807) is 79.0 Å². The topological polar surface area (TPSA) is 183 Å². The van der Waals surface area contributed by atoms with Crippen molar-refractivity contribution in [3.63, 3.8) is 0 Å². The van der Waals surface area contributed by atoms with E-state index in [2.05, 4.69) is 18.8 Å². The van der Waals surface area contributed by atoms with Crippen LogP contribution in [0, 0.1) is 17.3 Å². The Hall–Kier alpha value is -5.67. The van der Waals surface area contributed by atoms with E-state index in [0.717, 1.165) is 11.1 Å². The van der Waals surface area contributed by atoms with Crippen molar-refractivity contribution in [1.82, 2.24) is 20.0 Å². The van der Waals surface area contributed by atoms with Gasteiger partial charge in [0, 0.05) is 38.7 Å². The number of benzene rings is 1. The molecule has 1 aliphatic heterocycles. The summed E-state index contributed by atoms with van der Waals surface area (Å²) in [6, 6.07) is 2.88. The predicted octanol–water partition coefficient (Wildman–Crippen LogP) is 7.49. The molecule has 0 bridgehead atoms. The van der Waals surface area contributed by atoms with Crippen LogP contribution >= 0.6 is 0 Å². The number of ether oxygens (including phenoxy) is 5. The number of nitrogens with one attached hydrogen (secondary N) is 1. The molecule has 1 N–H and O–H groups in total. The van der Waals surface area contributed by atoms with Gasteiger partial charge in [-0.2, -0.15) is 0 Å². The van der Waals surface area contributed by atoms with Gasteiger partial charge in [0.1, 0.15) is 60.9 Å². The number of hydrogen-bond donors (Lipinski definition) is 1. The van der Waals surface area contributed by atoms with E-state index in [-0.39, 0.29) is 36.9 Å². The Kier molecular flexibility index (Phi) is 22.5. The summed E-state index contributed by atoms with van der Waals surface area (Å²) >= 11 is 0. The zero-order valence-electron chi connectivity index (χ0n) is 43.9. The lowest BCUT2D eigenvalue weighted by Crippen LogP contribution is -2.57. The summed E-state index contributed by atoms with van der Waals surface area (Å²) in [7, 11) is 6.09. The van der Waals surface area contributed by atoms with E-state index in [1.165, 1.54) is 41.9 Å². The van der Waals surface area contributed by atoms with Gasteiger partial charge < -0.3 is 38.8 Å². The first-order chi connectivity index (χ1) is 31.6. The second-order valence-corrected chi connectivity index (χ2v) is 20.1. The molecule has 2 rings (SSSR count). The van der Waals surface area contributed by atoms with Crippen LogP contribution in [0.15, 0.2) is 65.2 Å². The number of allylic oxidation sites excluding steroid dienone is 1. The van der Waals surface area contributed by atoms with Crippen LogP contribution in [-0.4, -0.2) is 140 Å². The van der Waals surface area contributed by atoms with Crippen LogP contribution in [0.5, 0.6) is 5.75 Å². The number of carbonyl (C=O) groups is 6. The molecule has 1 aliphatic rings. The smallest absolute Gasteiger partial charge is 0.410 e. The van der Waals surface area contributed by atoms with Gasteiger partial charge in [0.2, 0.25) is 23.6 Å². The molecule has 0 spiro atoms. The quantitative estimate of drug-likeness (QED) is 0.0497. The van der Waals surface area contributed by atoms with Gasteiger partial charge in [-0.3, -0.25) is 19.3 Å². The minimum absolute atomic E-state index is 0.00173. The fourth-order valence-electron chi connectivity index (χ4n) is 7.17. The summed E-state index contributed by atoms with van der Waals surface area (Å²) in [5.74, 6) is -1.58. The molecule has 16 nitrogen and oxygen atoms in total. The van der Waals surface area contributed by atoms with E-state index < -0.39 is 77.7 Å². The lowest BCUT2D eigenvalue weighted by molar-refractivity contribution is -0.161. The summed E-state index contributed by atoms with van der Waals surface area (Å²) in [5.41, 5.74) is 0.814. The van der Waals surface area contributed by atoms with Crippen LogP contribution in [0.3, 0.4) is 0 Å². The molecular formula is C52H81N5O11. The fraction of sp³-hybridized carbons (Fsp3) is 0.635. The zero-order chi connectivity index (χ0) is 51.8. The molecule has 0 fully saturated rings. The van der Waals surface area contributed by atoms with Crippen molar-refractivity contribution < 1.29 is 52.5 Å². The number of esters is 2. The molecule has 1 aromatic rings. The van der Waals surface area contributed by atoms with E-state index >= 15 is 0 Å². The summed E-state index contributed by atoms with van der Waals surface area (Å²) in [5, 5.41) is 2.90. The van der Waals surface area contributed by atoms with Crippen molar-refractivity contribution in [2.75, 3.05) is 41.5 Å². The maximum atomic E-state index is 14.3. The first kappa shape index (κ1) is 58.5. The Balaban J connectivity index is 2.23. The number of methoxy groups -OCH3 is 1. The Morgan fingerprint density at radius 2 is 1.51 bits per heavy atom. The molecule has 8 atom stereocenters. The Labute approximate surface area is 405 Å². The third-order valence-electron chi connectivity index (χ3n) is 12.1. The monoisotopic (exact) mass is 952 g/mol. The van der Waals surface area contributed by atoms with Crippen molar-refractivity contribution in [3.8, 4) is 5.75 Å². The molecule has 68 heavy (non-hydrogen) atoms. The fourth-order valence-corrected chi connectivity index (χ4v) is 7.17. The van der Waals surface area contributed by atoms with Crippen molar-refractivity contribution >= 4 is 41.7 Å². The molecule has 1 aromatic carbocycles. The number of nitrogens with zero attached hydrogens (tertiary/aromatic N) is 4. The second-order valence-electron chi connectivity index (χ2n) is 20.1. The molecule has 4 amide bonds. The zero-order valence-corrected chi connectivity index (χ0v) is 43.9. The van der Waals surface area contributed by atoms with Gasteiger partial charge in [-0.05, 0) is 102 Å². The van der Waals surface area contributed by atoms with Gasteiger partial charge in [0.25, 0.3) is 0 Å². The van der Waals surface area contributed by atoms with Gasteiger partial charge in [-0.25, -0.2) is 19.4 Å². The highest BCUT2D eigenvalue weighted by Gasteiger charge is 2.38. The van der Waals surface area contributed by atoms with Crippen LogP contribution in [0.25, 0.3) is 0 Å². The number of rotatable bonds is 23. The number of hydrogen-bond acceptors (Lipinski definition) is 12. The van der Waals surface area contributed by atoms with Gasteiger partial charge in [0.15, 0.2) is 0 Å². The minimum atomic E-state index is -1.07. The van der Waals surface area contributed by atoms with Crippen molar-refractivity contribution in [3.05, 3.63) is 65.8 Å². The molecular weight excluding hydrogens is 871 g/mol. The van der Waals surface area contributed by atoms with Gasteiger partial charge in [-0.15, -0.1) is 0 Å². The van der Waals surface area contributed by atoms with Crippen LogP contribution in [0.1, 0.15) is 115 Å². The second kappa shape index (κ2) is 26.2. The molecule has 0 aromatic heterocycles. The molecule has 16 heteroatoms. The number of likely N-dealkylation sites (N-methyl/N-ethyl adjacent to an activating group) is 3. The lowest BCUT2D eigenvalue weighted by Gasteiger charge is -2.35. The third-order valence-corrected chi connectivity index (χ3v) is 12.1. The summed E-state index contributed by atoms with van der Waals surface area (Å²) in [6.45, 7) is 27.7. The maximum Gasteiger partial charge on any atom is 0.410 e. The van der Waals surface area contributed by atoms with Crippen molar-refractivity contribution in [1.29, 1.82) is 0 Å². The Bertz CT molecular complexity index is 2000. The minimum Gasteiger partial charge on any atom is -0.497 e. The average Bonchev–Trinajstić information content (AvgIpc) is 3.75. The number of carbonyl (C=O) groups excluding carboxylic acids is 6. The van der Waals surface area contributed by atoms with E-state index in [1.807, 2.05) is 47.6 Å². The average molecular weight is 952 g/mol. The summed E-state index contributed by atoms with van der Waals surface area (Å²) in [4.78, 5) is 89.5. The van der Waals surface area contributed by atoms with Crippen LogP contribution in [0.4, 0.5) is 4.79 Å². The van der Waals surface area contributed by atoms with E-state index in [9.17, 15) is 28.8 Å².